The number of anilines is 1. The molecule has 1 atom stereocenters. The van der Waals surface area contributed by atoms with Crippen LogP contribution in [-0.2, 0) is 14.3 Å². The number of ether oxygens (including phenoxy) is 1. The molecule has 1 fully saturated rings. The molecule has 7 heteroatoms. The van der Waals surface area contributed by atoms with Gasteiger partial charge in [0.05, 0.1) is 19.3 Å². The standard InChI is InChI=1S/C16H16F2N2O3/c17-12-2-1-3-13(18)15(12)20-9-11(8-14(20)21)19-16(22)10-4-6-23-7-5-10/h1-4,11H,5-9H2,(H,19,22). The van der Waals surface area contributed by atoms with Gasteiger partial charge in [-0.1, -0.05) is 12.1 Å². The highest BCUT2D eigenvalue weighted by Gasteiger charge is 2.34. The van der Waals surface area contributed by atoms with Crippen molar-refractivity contribution in [3.8, 4) is 0 Å². The van der Waals surface area contributed by atoms with Gasteiger partial charge < -0.3 is 15.0 Å². The van der Waals surface area contributed by atoms with Crippen LogP contribution in [0, 0.1) is 11.6 Å². The van der Waals surface area contributed by atoms with E-state index in [9.17, 15) is 18.4 Å². The Hall–Kier alpha value is -2.28. The lowest BCUT2D eigenvalue weighted by atomic mass is 10.1. The highest BCUT2D eigenvalue weighted by Crippen LogP contribution is 2.27. The number of para-hydroxylation sites is 1. The molecule has 1 saturated heterocycles. The molecule has 0 radical (unpaired) electrons. The van der Waals surface area contributed by atoms with E-state index in [0.717, 1.165) is 17.0 Å². The van der Waals surface area contributed by atoms with Crippen molar-refractivity contribution in [2.75, 3.05) is 24.7 Å². The molecule has 1 aromatic rings. The van der Waals surface area contributed by atoms with E-state index in [-0.39, 0.29) is 24.6 Å². The van der Waals surface area contributed by atoms with Gasteiger partial charge in [0, 0.05) is 25.0 Å². The van der Waals surface area contributed by atoms with Gasteiger partial charge in [-0.25, -0.2) is 8.78 Å². The number of benzene rings is 1. The Labute approximate surface area is 131 Å². The first-order valence-corrected chi connectivity index (χ1v) is 7.38. The third-order valence-corrected chi connectivity index (χ3v) is 3.92. The molecule has 2 aliphatic rings. The van der Waals surface area contributed by atoms with Gasteiger partial charge >= 0.3 is 0 Å². The minimum Gasteiger partial charge on any atom is -0.377 e. The van der Waals surface area contributed by atoms with Gasteiger partial charge in [-0.3, -0.25) is 9.59 Å². The predicted octanol–water partition coefficient (Wildman–Crippen LogP) is 1.53. The normalized spacial score (nSPS) is 21.3. The summed E-state index contributed by atoms with van der Waals surface area (Å²) in [5, 5.41) is 2.75. The molecule has 0 bridgehead atoms. The molecule has 2 amide bonds. The summed E-state index contributed by atoms with van der Waals surface area (Å²) in [6.45, 7) is 0.917. The summed E-state index contributed by atoms with van der Waals surface area (Å²) in [5.74, 6) is -2.27. The number of nitrogens with one attached hydrogen (secondary N) is 1. The van der Waals surface area contributed by atoms with Crippen LogP contribution in [0.25, 0.3) is 0 Å². The molecule has 0 spiro atoms. The third kappa shape index (κ3) is 3.24. The van der Waals surface area contributed by atoms with Crippen LogP contribution in [0.3, 0.4) is 0 Å². The van der Waals surface area contributed by atoms with Crippen molar-refractivity contribution in [3.63, 3.8) is 0 Å². The second kappa shape index (κ2) is 6.45. The molecular formula is C16H16F2N2O3. The number of halogens is 2. The molecule has 5 nitrogen and oxygen atoms in total. The van der Waals surface area contributed by atoms with Crippen molar-refractivity contribution in [2.24, 2.45) is 0 Å². The van der Waals surface area contributed by atoms with E-state index in [1.54, 1.807) is 6.08 Å². The first-order valence-electron chi connectivity index (χ1n) is 7.38. The maximum absolute atomic E-state index is 13.8. The smallest absolute Gasteiger partial charge is 0.247 e. The first-order chi connectivity index (χ1) is 11.1. The number of hydrogen-bond acceptors (Lipinski definition) is 3. The Morgan fingerprint density at radius 1 is 1.30 bits per heavy atom. The fraction of sp³-hybridized carbons (Fsp3) is 0.375. The molecule has 0 aromatic heterocycles. The predicted molar refractivity (Wildman–Crippen MR) is 78.8 cm³/mol. The van der Waals surface area contributed by atoms with Crippen LogP contribution in [0.2, 0.25) is 0 Å². The van der Waals surface area contributed by atoms with Crippen molar-refractivity contribution in [1.29, 1.82) is 0 Å². The first kappa shape index (κ1) is 15.6. The van der Waals surface area contributed by atoms with Crippen LogP contribution < -0.4 is 10.2 Å². The number of rotatable bonds is 3. The summed E-state index contributed by atoms with van der Waals surface area (Å²) >= 11 is 0. The number of carbonyl (C=O) groups is 2. The summed E-state index contributed by atoms with van der Waals surface area (Å²) in [6.07, 6.45) is 2.23. The molecule has 23 heavy (non-hydrogen) atoms. The van der Waals surface area contributed by atoms with E-state index in [4.69, 9.17) is 4.74 Å². The van der Waals surface area contributed by atoms with Gasteiger partial charge in [0.1, 0.15) is 17.3 Å². The Balaban J connectivity index is 1.70. The van der Waals surface area contributed by atoms with Crippen LogP contribution in [-0.4, -0.2) is 37.6 Å². The molecule has 1 aromatic carbocycles. The summed E-state index contributed by atoms with van der Waals surface area (Å²) in [4.78, 5) is 25.2. The van der Waals surface area contributed by atoms with Crippen LogP contribution in [0.1, 0.15) is 12.8 Å². The van der Waals surface area contributed by atoms with E-state index in [1.807, 2.05) is 0 Å². The molecule has 122 valence electrons. The van der Waals surface area contributed by atoms with Crippen molar-refractivity contribution < 1.29 is 23.1 Å². The van der Waals surface area contributed by atoms with E-state index < -0.39 is 23.6 Å². The third-order valence-electron chi connectivity index (χ3n) is 3.92. The highest BCUT2D eigenvalue weighted by molar-refractivity contribution is 5.98. The van der Waals surface area contributed by atoms with E-state index in [2.05, 4.69) is 5.32 Å². The maximum Gasteiger partial charge on any atom is 0.247 e. The quantitative estimate of drug-likeness (QED) is 0.918. The Kier molecular flexibility index (Phi) is 4.38. The van der Waals surface area contributed by atoms with Crippen molar-refractivity contribution in [3.05, 3.63) is 41.5 Å². The minimum atomic E-state index is -0.794. The average Bonchev–Trinajstić information content (AvgIpc) is 2.88. The van der Waals surface area contributed by atoms with E-state index in [0.29, 0.717) is 25.2 Å². The highest BCUT2D eigenvalue weighted by atomic mass is 19.1. The largest absolute Gasteiger partial charge is 0.377 e. The Morgan fingerprint density at radius 3 is 2.70 bits per heavy atom. The van der Waals surface area contributed by atoms with Crippen molar-refractivity contribution in [1.82, 2.24) is 5.32 Å². The summed E-state index contributed by atoms with van der Waals surface area (Å²) in [6, 6.07) is 2.97. The zero-order chi connectivity index (χ0) is 16.4. The second-order valence-electron chi connectivity index (χ2n) is 5.50. The zero-order valence-electron chi connectivity index (χ0n) is 12.4. The molecule has 0 saturated carbocycles. The maximum atomic E-state index is 13.8. The summed E-state index contributed by atoms with van der Waals surface area (Å²) in [5.41, 5.74) is 0.249. The zero-order valence-corrected chi connectivity index (χ0v) is 12.4. The van der Waals surface area contributed by atoms with Gasteiger partial charge in [0.2, 0.25) is 11.8 Å². The molecular weight excluding hydrogens is 306 g/mol. The number of hydrogen-bond donors (Lipinski definition) is 1. The van der Waals surface area contributed by atoms with E-state index in [1.165, 1.54) is 6.07 Å². The van der Waals surface area contributed by atoms with Gasteiger partial charge in [0.15, 0.2) is 0 Å². The molecule has 2 aliphatic heterocycles. The Bertz CT molecular complexity index is 655. The summed E-state index contributed by atoms with van der Waals surface area (Å²) < 4.78 is 32.8. The van der Waals surface area contributed by atoms with Crippen LogP contribution in [0.15, 0.2) is 29.8 Å². The monoisotopic (exact) mass is 322 g/mol. The van der Waals surface area contributed by atoms with Crippen LogP contribution in [0.4, 0.5) is 14.5 Å². The van der Waals surface area contributed by atoms with Crippen LogP contribution in [0.5, 0.6) is 0 Å². The molecule has 3 rings (SSSR count). The SMILES string of the molecule is O=C(NC1CC(=O)N(c2c(F)cccc2F)C1)C1=CCOCC1. The Morgan fingerprint density at radius 2 is 2.04 bits per heavy atom. The fourth-order valence-corrected chi connectivity index (χ4v) is 2.78. The molecule has 0 aliphatic carbocycles. The fourth-order valence-electron chi connectivity index (χ4n) is 2.78. The molecule has 1 N–H and O–H groups in total. The second-order valence-corrected chi connectivity index (χ2v) is 5.50. The number of nitrogens with zero attached hydrogens (tertiary/aromatic N) is 1. The van der Waals surface area contributed by atoms with Gasteiger partial charge in [0.25, 0.3) is 0 Å². The molecule has 2 heterocycles. The molecule has 1 unspecified atom stereocenters. The van der Waals surface area contributed by atoms with E-state index >= 15 is 0 Å². The topological polar surface area (TPSA) is 58.6 Å². The van der Waals surface area contributed by atoms with Crippen molar-refractivity contribution in [2.45, 2.75) is 18.9 Å². The lowest BCUT2D eigenvalue weighted by Crippen LogP contribution is -2.38. The van der Waals surface area contributed by atoms with Gasteiger partial charge in [-0.05, 0) is 12.1 Å². The minimum absolute atomic E-state index is 0.0172. The lowest BCUT2D eigenvalue weighted by molar-refractivity contribution is -0.118. The average molecular weight is 322 g/mol. The summed E-state index contributed by atoms with van der Waals surface area (Å²) in [7, 11) is 0. The van der Waals surface area contributed by atoms with Crippen LogP contribution >= 0.6 is 0 Å². The number of carbonyl (C=O) groups excluding carboxylic acids is 2. The van der Waals surface area contributed by atoms with Crippen molar-refractivity contribution >= 4 is 17.5 Å². The van der Waals surface area contributed by atoms with Gasteiger partial charge in [-0.2, -0.15) is 0 Å². The number of amides is 2. The lowest BCUT2D eigenvalue weighted by Gasteiger charge is -2.19. The van der Waals surface area contributed by atoms with Gasteiger partial charge in [-0.15, -0.1) is 0 Å².